The molecule has 0 radical (unpaired) electrons. The van der Waals surface area contributed by atoms with Crippen molar-refractivity contribution in [2.75, 3.05) is 13.1 Å². The number of rotatable bonds is 7. The molecule has 0 aromatic heterocycles. The molecule has 2 nitrogen and oxygen atoms in total. The van der Waals surface area contributed by atoms with Crippen molar-refractivity contribution in [2.45, 2.75) is 51.6 Å². The van der Waals surface area contributed by atoms with E-state index in [-0.39, 0.29) is 11.9 Å². The smallest absolute Gasteiger partial charge is 0.126 e. The van der Waals surface area contributed by atoms with Crippen LogP contribution in [0.2, 0.25) is 0 Å². The van der Waals surface area contributed by atoms with Gasteiger partial charge >= 0.3 is 0 Å². The molecule has 0 aliphatic heterocycles. The van der Waals surface area contributed by atoms with Crippen molar-refractivity contribution in [1.29, 1.82) is 0 Å². The van der Waals surface area contributed by atoms with Gasteiger partial charge in [-0.05, 0) is 56.3 Å². The molecule has 2 rings (SSSR count). The van der Waals surface area contributed by atoms with E-state index in [4.69, 9.17) is 5.73 Å². The summed E-state index contributed by atoms with van der Waals surface area (Å²) in [6, 6.07) is 6.07. The lowest BCUT2D eigenvalue weighted by atomic mass is 10.0. The Balaban J connectivity index is 1.88. The highest BCUT2D eigenvalue weighted by Crippen LogP contribution is 2.28. The number of hydrogen-bond donors (Lipinski definition) is 1. The van der Waals surface area contributed by atoms with Crippen LogP contribution in [0.3, 0.4) is 0 Å². The molecule has 0 amide bonds. The summed E-state index contributed by atoms with van der Waals surface area (Å²) in [5, 5.41) is 0. The van der Waals surface area contributed by atoms with Crippen molar-refractivity contribution in [2.24, 2.45) is 5.73 Å². The predicted molar refractivity (Wildman–Crippen MR) is 77.6 cm³/mol. The zero-order valence-corrected chi connectivity index (χ0v) is 12.0. The van der Waals surface area contributed by atoms with E-state index in [1.165, 1.54) is 19.3 Å². The monoisotopic (exact) mass is 264 g/mol. The first-order valence-corrected chi connectivity index (χ1v) is 7.37. The lowest BCUT2D eigenvalue weighted by Crippen LogP contribution is -2.30. The van der Waals surface area contributed by atoms with Gasteiger partial charge in [0.15, 0.2) is 0 Å². The zero-order chi connectivity index (χ0) is 13.8. The summed E-state index contributed by atoms with van der Waals surface area (Å²) in [7, 11) is 0. The van der Waals surface area contributed by atoms with E-state index in [9.17, 15) is 4.39 Å². The predicted octanol–water partition coefficient (Wildman–Crippen LogP) is 3.40. The van der Waals surface area contributed by atoms with Crippen LogP contribution >= 0.6 is 0 Å². The standard InChI is InChI=1S/C16H25FN2/c1-3-9-19(14-6-7-14)10-8-16(18)13-5-4-12(2)15(17)11-13/h4-5,11,14,16H,3,6-10,18H2,1-2H3. The third-order valence-corrected chi connectivity index (χ3v) is 3.93. The molecular formula is C16H25FN2. The van der Waals surface area contributed by atoms with Gasteiger partial charge in [-0.2, -0.15) is 0 Å². The molecular weight excluding hydrogens is 239 g/mol. The Labute approximate surface area is 115 Å². The maximum Gasteiger partial charge on any atom is 0.126 e. The number of hydrogen-bond acceptors (Lipinski definition) is 2. The van der Waals surface area contributed by atoms with Gasteiger partial charge in [0.25, 0.3) is 0 Å². The van der Waals surface area contributed by atoms with Crippen LogP contribution in [-0.4, -0.2) is 24.0 Å². The van der Waals surface area contributed by atoms with Crippen molar-refractivity contribution >= 4 is 0 Å². The van der Waals surface area contributed by atoms with Gasteiger partial charge < -0.3 is 10.6 Å². The molecule has 3 heteroatoms. The fraction of sp³-hybridized carbons (Fsp3) is 0.625. The van der Waals surface area contributed by atoms with Gasteiger partial charge in [-0.25, -0.2) is 4.39 Å². The number of nitrogens with two attached hydrogens (primary N) is 1. The number of aryl methyl sites for hydroxylation is 1. The van der Waals surface area contributed by atoms with Crippen LogP contribution < -0.4 is 5.73 Å². The molecule has 106 valence electrons. The van der Waals surface area contributed by atoms with Crippen LogP contribution in [0.4, 0.5) is 4.39 Å². The lowest BCUT2D eigenvalue weighted by molar-refractivity contribution is 0.253. The Kier molecular flexibility index (Phi) is 4.94. The van der Waals surface area contributed by atoms with Crippen molar-refractivity contribution in [1.82, 2.24) is 4.90 Å². The first-order chi connectivity index (χ1) is 9.11. The molecule has 0 spiro atoms. The number of nitrogens with zero attached hydrogens (tertiary/aromatic N) is 1. The molecule has 1 aliphatic rings. The number of benzene rings is 1. The van der Waals surface area contributed by atoms with E-state index in [0.29, 0.717) is 5.56 Å². The van der Waals surface area contributed by atoms with E-state index >= 15 is 0 Å². The topological polar surface area (TPSA) is 29.3 Å². The Morgan fingerprint density at radius 2 is 2.11 bits per heavy atom. The molecule has 1 saturated carbocycles. The van der Waals surface area contributed by atoms with E-state index < -0.39 is 0 Å². The Bertz CT molecular complexity index is 415. The molecule has 1 unspecified atom stereocenters. The Morgan fingerprint density at radius 3 is 2.68 bits per heavy atom. The van der Waals surface area contributed by atoms with E-state index in [0.717, 1.165) is 31.1 Å². The average molecular weight is 264 g/mol. The molecule has 0 heterocycles. The maximum atomic E-state index is 13.5. The van der Waals surface area contributed by atoms with E-state index in [1.807, 2.05) is 12.1 Å². The normalized spacial score (nSPS) is 16.9. The summed E-state index contributed by atoms with van der Waals surface area (Å²) in [4.78, 5) is 2.53. The summed E-state index contributed by atoms with van der Waals surface area (Å²) < 4.78 is 13.5. The molecule has 1 aliphatic carbocycles. The maximum absolute atomic E-state index is 13.5. The minimum Gasteiger partial charge on any atom is -0.324 e. The highest BCUT2D eigenvalue weighted by molar-refractivity contribution is 5.25. The van der Waals surface area contributed by atoms with Crippen LogP contribution in [0, 0.1) is 12.7 Å². The second kappa shape index (κ2) is 6.49. The second-order valence-electron chi connectivity index (χ2n) is 5.67. The fourth-order valence-electron chi connectivity index (χ4n) is 2.52. The summed E-state index contributed by atoms with van der Waals surface area (Å²) >= 11 is 0. The van der Waals surface area contributed by atoms with Crippen LogP contribution in [-0.2, 0) is 0 Å². The Hall–Kier alpha value is -0.930. The van der Waals surface area contributed by atoms with Gasteiger partial charge in [0.2, 0.25) is 0 Å². The largest absolute Gasteiger partial charge is 0.324 e. The molecule has 1 aromatic carbocycles. The van der Waals surface area contributed by atoms with Crippen LogP contribution in [0.5, 0.6) is 0 Å². The molecule has 19 heavy (non-hydrogen) atoms. The first-order valence-electron chi connectivity index (χ1n) is 7.37. The van der Waals surface area contributed by atoms with Gasteiger partial charge in [0.05, 0.1) is 0 Å². The van der Waals surface area contributed by atoms with E-state index in [2.05, 4.69) is 11.8 Å². The molecule has 0 saturated heterocycles. The highest BCUT2D eigenvalue weighted by Gasteiger charge is 2.28. The van der Waals surface area contributed by atoms with Gasteiger partial charge in [-0.3, -0.25) is 0 Å². The summed E-state index contributed by atoms with van der Waals surface area (Å²) in [5.74, 6) is -0.152. The van der Waals surface area contributed by atoms with Crippen molar-refractivity contribution in [3.8, 4) is 0 Å². The minimum absolute atomic E-state index is 0.0618. The fourth-order valence-corrected chi connectivity index (χ4v) is 2.52. The Morgan fingerprint density at radius 1 is 1.37 bits per heavy atom. The van der Waals surface area contributed by atoms with Gasteiger partial charge in [-0.15, -0.1) is 0 Å². The third-order valence-electron chi connectivity index (χ3n) is 3.93. The molecule has 1 fully saturated rings. The average Bonchev–Trinajstić information content (AvgIpc) is 3.21. The number of halogens is 1. The van der Waals surface area contributed by atoms with E-state index in [1.54, 1.807) is 13.0 Å². The summed E-state index contributed by atoms with van der Waals surface area (Å²) in [6.45, 7) is 6.17. The van der Waals surface area contributed by atoms with Crippen molar-refractivity contribution in [3.05, 3.63) is 35.1 Å². The molecule has 1 atom stereocenters. The highest BCUT2D eigenvalue weighted by atomic mass is 19.1. The van der Waals surface area contributed by atoms with Gasteiger partial charge in [0, 0.05) is 18.6 Å². The minimum atomic E-state index is -0.152. The molecule has 2 N–H and O–H groups in total. The quantitative estimate of drug-likeness (QED) is 0.818. The van der Waals surface area contributed by atoms with Crippen LogP contribution in [0.25, 0.3) is 0 Å². The van der Waals surface area contributed by atoms with Crippen LogP contribution in [0.15, 0.2) is 18.2 Å². The second-order valence-corrected chi connectivity index (χ2v) is 5.67. The first kappa shape index (κ1) is 14.5. The molecule has 0 bridgehead atoms. The zero-order valence-electron chi connectivity index (χ0n) is 12.0. The lowest BCUT2D eigenvalue weighted by Gasteiger charge is -2.23. The summed E-state index contributed by atoms with van der Waals surface area (Å²) in [6.07, 6.45) is 4.74. The molecule has 1 aromatic rings. The van der Waals surface area contributed by atoms with Crippen molar-refractivity contribution < 1.29 is 4.39 Å². The van der Waals surface area contributed by atoms with Crippen LogP contribution in [0.1, 0.15) is 49.8 Å². The van der Waals surface area contributed by atoms with Crippen molar-refractivity contribution in [3.63, 3.8) is 0 Å². The third kappa shape index (κ3) is 4.02. The SMILES string of the molecule is CCCN(CCC(N)c1ccc(C)c(F)c1)C1CC1. The van der Waals surface area contributed by atoms with Gasteiger partial charge in [0.1, 0.15) is 5.82 Å². The summed E-state index contributed by atoms with van der Waals surface area (Å²) in [5.41, 5.74) is 7.78. The van der Waals surface area contributed by atoms with Gasteiger partial charge in [-0.1, -0.05) is 19.1 Å².